The van der Waals surface area contributed by atoms with Crippen LogP contribution < -0.4 is 10.1 Å². The first-order valence-corrected chi connectivity index (χ1v) is 9.74. The predicted octanol–water partition coefficient (Wildman–Crippen LogP) is 6.31. The number of benzene rings is 3. The first-order valence-electron chi connectivity index (χ1n) is 8.16. The number of nitrogens with zero attached hydrogens (tertiary/aromatic N) is 1. The Morgan fingerprint density at radius 3 is 2.37 bits per heavy atom. The molecule has 3 aromatic rings. The minimum atomic E-state index is -0.412. The zero-order valence-corrected chi connectivity index (χ0v) is 17.4. The maximum absolute atomic E-state index is 10.8. The van der Waals surface area contributed by atoms with E-state index in [1.807, 2.05) is 42.5 Å². The quantitative estimate of drug-likeness (QED) is 0.310. The Hall–Kier alpha value is -2.38. The Morgan fingerprint density at radius 1 is 1.00 bits per heavy atom. The van der Waals surface area contributed by atoms with Gasteiger partial charge in [-0.05, 0) is 45.8 Å². The third kappa shape index (κ3) is 5.30. The number of nitrogens with one attached hydrogen (secondary N) is 1. The van der Waals surface area contributed by atoms with Gasteiger partial charge in [0.1, 0.15) is 12.4 Å². The largest absolute Gasteiger partial charge is 0.487 e. The standard InChI is InChI=1S/C20H16Br2N2O3/c21-16-10-15(12-23-17-6-8-18(9-7-17)24(25)26)20(19(22)11-16)27-13-14-4-2-1-3-5-14/h1-11,23H,12-13H2. The summed E-state index contributed by atoms with van der Waals surface area (Å²) in [5.74, 6) is 0.761. The van der Waals surface area contributed by atoms with Crippen LogP contribution in [0.1, 0.15) is 11.1 Å². The van der Waals surface area contributed by atoms with E-state index in [1.165, 1.54) is 12.1 Å². The van der Waals surface area contributed by atoms with Crippen LogP contribution in [0.15, 0.2) is 75.7 Å². The van der Waals surface area contributed by atoms with Crippen molar-refractivity contribution < 1.29 is 9.66 Å². The van der Waals surface area contributed by atoms with Crippen LogP contribution in [0, 0.1) is 10.1 Å². The lowest BCUT2D eigenvalue weighted by atomic mass is 10.2. The first-order chi connectivity index (χ1) is 13.0. The van der Waals surface area contributed by atoms with E-state index in [9.17, 15) is 10.1 Å². The van der Waals surface area contributed by atoms with Crippen molar-refractivity contribution >= 4 is 43.2 Å². The second kappa shape index (κ2) is 9.01. The maximum atomic E-state index is 10.8. The molecule has 0 unspecified atom stereocenters. The number of halogens is 2. The van der Waals surface area contributed by atoms with Gasteiger partial charge in [-0.3, -0.25) is 10.1 Å². The lowest BCUT2D eigenvalue weighted by molar-refractivity contribution is -0.384. The Labute approximate surface area is 173 Å². The number of non-ortho nitro benzene ring substituents is 1. The van der Waals surface area contributed by atoms with Crippen molar-refractivity contribution in [1.82, 2.24) is 0 Å². The molecule has 0 fully saturated rings. The molecule has 0 heterocycles. The van der Waals surface area contributed by atoms with E-state index in [4.69, 9.17) is 4.74 Å². The fraction of sp³-hybridized carbons (Fsp3) is 0.100. The summed E-state index contributed by atoms with van der Waals surface area (Å²) in [5, 5.41) is 14.0. The molecule has 0 amide bonds. The van der Waals surface area contributed by atoms with Crippen LogP contribution in [0.5, 0.6) is 5.75 Å². The Morgan fingerprint density at radius 2 is 1.70 bits per heavy atom. The Kier molecular flexibility index (Phi) is 6.47. The molecule has 0 atom stereocenters. The molecule has 0 aliphatic heterocycles. The molecular weight excluding hydrogens is 476 g/mol. The minimum Gasteiger partial charge on any atom is -0.487 e. The first kappa shape index (κ1) is 19.4. The Bertz CT molecular complexity index is 932. The molecule has 0 bridgehead atoms. The number of nitro groups is 1. The lowest BCUT2D eigenvalue weighted by Gasteiger charge is -2.15. The van der Waals surface area contributed by atoms with Gasteiger partial charge in [-0.1, -0.05) is 46.3 Å². The highest BCUT2D eigenvalue weighted by Gasteiger charge is 2.11. The van der Waals surface area contributed by atoms with E-state index in [-0.39, 0.29) is 5.69 Å². The number of anilines is 1. The third-order valence-corrected chi connectivity index (χ3v) is 4.92. The molecular formula is C20H16Br2N2O3. The number of hydrogen-bond acceptors (Lipinski definition) is 4. The van der Waals surface area contributed by atoms with E-state index < -0.39 is 4.92 Å². The monoisotopic (exact) mass is 490 g/mol. The summed E-state index contributed by atoms with van der Waals surface area (Å²) < 4.78 is 7.84. The van der Waals surface area contributed by atoms with Crippen molar-refractivity contribution in [1.29, 1.82) is 0 Å². The highest BCUT2D eigenvalue weighted by Crippen LogP contribution is 2.34. The van der Waals surface area contributed by atoms with Gasteiger partial charge in [0, 0.05) is 34.4 Å². The van der Waals surface area contributed by atoms with E-state index in [0.29, 0.717) is 13.2 Å². The zero-order chi connectivity index (χ0) is 19.2. The summed E-state index contributed by atoms with van der Waals surface area (Å²) in [6.07, 6.45) is 0. The van der Waals surface area contributed by atoms with E-state index in [0.717, 1.165) is 31.5 Å². The molecule has 3 rings (SSSR count). The van der Waals surface area contributed by atoms with E-state index >= 15 is 0 Å². The number of ether oxygens (including phenoxy) is 1. The molecule has 1 N–H and O–H groups in total. The summed E-state index contributed by atoms with van der Waals surface area (Å²) in [4.78, 5) is 10.3. The average molecular weight is 492 g/mol. The summed E-state index contributed by atoms with van der Waals surface area (Å²) in [5.41, 5.74) is 2.91. The lowest BCUT2D eigenvalue weighted by Crippen LogP contribution is -2.05. The van der Waals surface area contributed by atoms with Crippen molar-refractivity contribution in [2.45, 2.75) is 13.2 Å². The van der Waals surface area contributed by atoms with Gasteiger partial charge in [-0.15, -0.1) is 0 Å². The summed E-state index contributed by atoms with van der Waals surface area (Å²) in [7, 11) is 0. The van der Waals surface area contributed by atoms with Crippen LogP contribution in [0.4, 0.5) is 11.4 Å². The summed E-state index contributed by atoms with van der Waals surface area (Å²) >= 11 is 7.07. The van der Waals surface area contributed by atoms with Gasteiger partial charge in [0.05, 0.1) is 9.40 Å². The summed E-state index contributed by atoms with van der Waals surface area (Å²) in [6, 6.07) is 20.2. The number of rotatable bonds is 7. The molecule has 0 saturated heterocycles. The topological polar surface area (TPSA) is 64.4 Å². The van der Waals surface area contributed by atoms with Gasteiger partial charge >= 0.3 is 0 Å². The van der Waals surface area contributed by atoms with Crippen molar-refractivity contribution in [2.24, 2.45) is 0 Å². The highest BCUT2D eigenvalue weighted by molar-refractivity contribution is 9.11. The molecule has 7 heteroatoms. The smallest absolute Gasteiger partial charge is 0.269 e. The van der Waals surface area contributed by atoms with E-state index in [2.05, 4.69) is 37.2 Å². The van der Waals surface area contributed by atoms with Gasteiger partial charge < -0.3 is 10.1 Å². The van der Waals surface area contributed by atoms with Crippen molar-refractivity contribution in [2.75, 3.05) is 5.32 Å². The average Bonchev–Trinajstić information content (AvgIpc) is 2.66. The molecule has 0 aromatic heterocycles. The molecule has 0 aliphatic rings. The second-order valence-electron chi connectivity index (χ2n) is 5.81. The fourth-order valence-corrected chi connectivity index (χ4v) is 3.96. The van der Waals surface area contributed by atoms with E-state index in [1.54, 1.807) is 12.1 Å². The van der Waals surface area contributed by atoms with Crippen molar-refractivity contribution in [3.8, 4) is 5.75 Å². The van der Waals surface area contributed by atoms with Crippen LogP contribution in [0.2, 0.25) is 0 Å². The van der Waals surface area contributed by atoms with Crippen molar-refractivity contribution in [3.05, 3.63) is 96.9 Å². The molecule has 3 aromatic carbocycles. The Balaban J connectivity index is 1.74. The van der Waals surface area contributed by atoms with Crippen molar-refractivity contribution in [3.63, 3.8) is 0 Å². The fourth-order valence-electron chi connectivity index (χ4n) is 2.53. The molecule has 0 radical (unpaired) electrons. The zero-order valence-electron chi connectivity index (χ0n) is 14.2. The molecule has 0 aliphatic carbocycles. The molecule has 0 saturated carbocycles. The van der Waals surface area contributed by atoms with Crippen LogP contribution in [0.3, 0.4) is 0 Å². The third-order valence-electron chi connectivity index (χ3n) is 3.87. The maximum Gasteiger partial charge on any atom is 0.269 e. The normalized spacial score (nSPS) is 10.4. The van der Waals surface area contributed by atoms with Gasteiger partial charge in [0.2, 0.25) is 0 Å². The molecule has 0 spiro atoms. The van der Waals surface area contributed by atoms with Crippen LogP contribution in [0.25, 0.3) is 0 Å². The van der Waals surface area contributed by atoms with Crippen LogP contribution >= 0.6 is 31.9 Å². The molecule has 5 nitrogen and oxygen atoms in total. The van der Waals surface area contributed by atoms with Gasteiger partial charge in [0.15, 0.2) is 0 Å². The number of hydrogen-bond donors (Lipinski definition) is 1. The highest BCUT2D eigenvalue weighted by atomic mass is 79.9. The SMILES string of the molecule is O=[N+]([O-])c1ccc(NCc2cc(Br)cc(Br)c2OCc2ccccc2)cc1. The van der Waals surface area contributed by atoms with Gasteiger partial charge in [0.25, 0.3) is 5.69 Å². The summed E-state index contributed by atoms with van der Waals surface area (Å²) in [6.45, 7) is 0.978. The molecule has 27 heavy (non-hydrogen) atoms. The van der Waals surface area contributed by atoms with Gasteiger partial charge in [-0.2, -0.15) is 0 Å². The van der Waals surface area contributed by atoms with Crippen LogP contribution in [-0.2, 0) is 13.2 Å². The second-order valence-corrected chi connectivity index (χ2v) is 7.58. The molecule has 138 valence electrons. The minimum absolute atomic E-state index is 0.0673. The van der Waals surface area contributed by atoms with Crippen LogP contribution in [-0.4, -0.2) is 4.92 Å². The number of nitro benzene ring substituents is 1. The van der Waals surface area contributed by atoms with Gasteiger partial charge in [-0.25, -0.2) is 0 Å². The predicted molar refractivity (Wildman–Crippen MR) is 113 cm³/mol.